The van der Waals surface area contributed by atoms with Gasteiger partial charge in [-0.15, -0.1) is 0 Å². The van der Waals surface area contributed by atoms with Gasteiger partial charge in [0.2, 0.25) is 5.95 Å². The summed E-state index contributed by atoms with van der Waals surface area (Å²) in [5.74, 6) is 0.576. The van der Waals surface area contributed by atoms with Crippen molar-refractivity contribution >= 4 is 40.7 Å². The second kappa shape index (κ2) is 7.82. The van der Waals surface area contributed by atoms with E-state index in [1.54, 1.807) is 24.2 Å². The molecular formula is C22H21N5O3. The van der Waals surface area contributed by atoms with Gasteiger partial charge in [0.15, 0.2) is 5.82 Å². The molecule has 1 aromatic heterocycles. The summed E-state index contributed by atoms with van der Waals surface area (Å²) < 4.78 is 4.72. The first-order valence-electron chi connectivity index (χ1n) is 9.38. The van der Waals surface area contributed by atoms with E-state index >= 15 is 0 Å². The molecule has 0 spiro atoms. The Labute approximate surface area is 174 Å². The van der Waals surface area contributed by atoms with E-state index in [9.17, 15) is 9.59 Å². The number of ether oxygens (including phenoxy) is 1. The number of hydrogen-bond acceptors (Lipinski definition) is 7. The summed E-state index contributed by atoms with van der Waals surface area (Å²) >= 11 is 0. The zero-order valence-corrected chi connectivity index (χ0v) is 16.9. The molecule has 2 heterocycles. The quantitative estimate of drug-likeness (QED) is 0.669. The minimum atomic E-state index is -0.304. The number of aromatic nitrogens is 2. The minimum absolute atomic E-state index is 0.115. The number of hydrogen-bond donors (Lipinski definition) is 1. The third kappa shape index (κ3) is 3.55. The van der Waals surface area contributed by atoms with Crippen molar-refractivity contribution in [2.24, 2.45) is 0 Å². The van der Waals surface area contributed by atoms with Crippen LogP contribution in [0.2, 0.25) is 0 Å². The molecule has 1 N–H and O–H groups in total. The van der Waals surface area contributed by atoms with E-state index in [0.29, 0.717) is 23.0 Å². The largest absolute Gasteiger partial charge is 0.469 e. The van der Waals surface area contributed by atoms with Crippen molar-refractivity contribution in [2.75, 3.05) is 36.3 Å². The fourth-order valence-corrected chi connectivity index (χ4v) is 3.39. The van der Waals surface area contributed by atoms with E-state index in [2.05, 4.69) is 15.3 Å². The first-order chi connectivity index (χ1) is 14.5. The predicted molar refractivity (Wildman–Crippen MR) is 115 cm³/mol. The molecule has 0 radical (unpaired) electrons. The highest BCUT2D eigenvalue weighted by Gasteiger charge is 2.28. The molecule has 8 heteroatoms. The van der Waals surface area contributed by atoms with Gasteiger partial charge in [0.1, 0.15) is 5.69 Å². The summed E-state index contributed by atoms with van der Waals surface area (Å²) in [4.78, 5) is 36.9. The van der Waals surface area contributed by atoms with Crippen LogP contribution in [-0.2, 0) is 16.0 Å². The van der Waals surface area contributed by atoms with Crippen molar-refractivity contribution in [2.45, 2.75) is 6.42 Å². The molecule has 30 heavy (non-hydrogen) atoms. The van der Waals surface area contributed by atoms with Crippen LogP contribution < -0.4 is 15.1 Å². The van der Waals surface area contributed by atoms with Gasteiger partial charge in [-0.05, 0) is 29.8 Å². The van der Waals surface area contributed by atoms with Crippen LogP contribution in [0.1, 0.15) is 15.9 Å². The number of carbonyl (C=O) groups is 2. The molecule has 0 fully saturated rings. The molecule has 2 aromatic carbocycles. The maximum Gasteiger partial charge on any atom is 0.309 e. The lowest BCUT2D eigenvalue weighted by molar-refractivity contribution is -0.139. The Morgan fingerprint density at radius 3 is 2.67 bits per heavy atom. The SMILES string of the molecule is COC(=O)Cc1cccc(Nc2ncc3c(n2)N(C)c2ccccc2C(=O)N3C)c1. The van der Waals surface area contributed by atoms with Gasteiger partial charge >= 0.3 is 5.97 Å². The van der Waals surface area contributed by atoms with Crippen LogP contribution >= 0.6 is 0 Å². The Balaban J connectivity index is 1.68. The van der Waals surface area contributed by atoms with Crippen LogP contribution in [-0.4, -0.2) is 43.0 Å². The van der Waals surface area contributed by atoms with Gasteiger partial charge in [0.25, 0.3) is 5.91 Å². The first kappa shape index (κ1) is 19.4. The fourth-order valence-electron chi connectivity index (χ4n) is 3.39. The van der Waals surface area contributed by atoms with E-state index in [4.69, 9.17) is 4.74 Å². The molecule has 152 valence electrons. The molecule has 0 saturated heterocycles. The first-order valence-corrected chi connectivity index (χ1v) is 9.38. The van der Waals surface area contributed by atoms with Crippen LogP contribution in [0, 0.1) is 0 Å². The molecule has 0 unspecified atom stereocenters. The normalized spacial score (nSPS) is 12.7. The second-order valence-electron chi connectivity index (χ2n) is 6.92. The number of carbonyl (C=O) groups excluding carboxylic acids is 2. The zero-order chi connectivity index (χ0) is 21.3. The van der Waals surface area contributed by atoms with E-state index < -0.39 is 0 Å². The number of amides is 1. The zero-order valence-electron chi connectivity index (χ0n) is 16.9. The van der Waals surface area contributed by atoms with Crippen molar-refractivity contribution in [3.05, 3.63) is 65.9 Å². The predicted octanol–water partition coefficient (Wildman–Crippen LogP) is 3.29. The third-order valence-electron chi connectivity index (χ3n) is 4.99. The highest BCUT2D eigenvalue weighted by molar-refractivity contribution is 6.13. The summed E-state index contributed by atoms with van der Waals surface area (Å²) in [5, 5.41) is 3.17. The number of anilines is 5. The highest BCUT2D eigenvalue weighted by atomic mass is 16.5. The average molecular weight is 403 g/mol. The molecule has 1 amide bonds. The van der Waals surface area contributed by atoms with E-state index in [-0.39, 0.29) is 18.3 Å². The van der Waals surface area contributed by atoms with Crippen LogP contribution in [0.4, 0.5) is 28.8 Å². The molecule has 1 aliphatic heterocycles. The molecule has 4 rings (SSSR count). The van der Waals surface area contributed by atoms with Crippen molar-refractivity contribution < 1.29 is 14.3 Å². The average Bonchev–Trinajstić information content (AvgIpc) is 2.84. The van der Waals surface area contributed by atoms with Gasteiger partial charge in [0, 0.05) is 19.8 Å². The Morgan fingerprint density at radius 1 is 1.07 bits per heavy atom. The van der Waals surface area contributed by atoms with Crippen LogP contribution in [0.25, 0.3) is 0 Å². The van der Waals surface area contributed by atoms with Gasteiger partial charge in [-0.2, -0.15) is 4.98 Å². The van der Waals surface area contributed by atoms with E-state index in [1.165, 1.54) is 7.11 Å². The Hall–Kier alpha value is -3.94. The summed E-state index contributed by atoms with van der Waals surface area (Å²) in [6.07, 6.45) is 1.81. The Kier molecular flexibility index (Phi) is 5.05. The summed E-state index contributed by atoms with van der Waals surface area (Å²) in [5.41, 5.74) is 3.56. The van der Waals surface area contributed by atoms with E-state index in [0.717, 1.165) is 16.9 Å². The fraction of sp³-hybridized carbons (Fsp3) is 0.182. The molecule has 1 aliphatic rings. The molecule has 3 aromatic rings. The Bertz CT molecular complexity index is 1130. The highest BCUT2D eigenvalue weighted by Crippen LogP contribution is 2.37. The van der Waals surface area contributed by atoms with Crippen LogP contribution in [0.15, 0.2) is 54.7 Å². The van der Waals surface area contributed by atoms with Crippen LogP contribution in [0.3, 0.4) is 0 Å². The molecule has 0 atom stereocenters. The van der Waals surface area contributed by atoms with Gasteiger partial charge < -0.3 is 19.9 Å². The summed E-state index contributed by atoms with van der Waals surface area (Å²) in [6, 6.07) is 14.8. The van der Waals surface area contributed by atoms with Crippen molar-refractivity contribution in [3.63, 3.8) is 0 Å². The minimum Gasteiger partial charge on any atom is -0.469 e. The number of rotatable bonds is 4. The van der Waals surface area contributed by atoms with Gasteiger partial charge in [-0.1, -0.05) is 24.3 Å². The number of esters is 1. The maximum atomic E-state index is 12.9. The number of nitrogens with one attached hydrogen (secondary N) is 1. The van der Waals surface area contributed by atoms with Gasteiger partial charge in [-0.25, -0.2) is 4.98 Å². The standard InChI is InChI=1S/C22H21N5O3/c1-26-17-10-5-4-9-16(17)21(29)27(2)18-13-23-22(25-20(18)26)24-15-8-6-7-14(11-15)12-19(28)30-3/h4-11,13H,12H2,1-3H3,(H,23,24,25). The topological polar surface area (TPSA) is 87.7 Å². The number of para-hydroxylation sites is 1. The number of benzene rings is 2. The summed E-state index contributed by atoms with van der Waals surface area (Å²) in [7, 11) is 4.95. The number of fused-ring (bicyclic) bond motifs is 2. The molecule has 8 nitrogen and oxygen atoms in total. The number of nitrogens with zero attached hydrogens (tertiary/aromatic N) is 4. The maximum absolute atomic E-state index is 12.9. The monoisotopic (exact) mass is 403 g/mol. The smallest absolute Gasteiger partial charge is 0.309 e. The third-order valence-corrected chi connectivity index (χ3v) is 4.99. The second-order valence-corrected chi connectivity index (χ2v) is 6.92. The van der Waals surface area contributed by atoms with Crippen molar-refractivity contribution in [1.29, 1.82) is 0 Å². The molecular weight excluding hydrogens is 382 g/mol. The van der Waals surface area contributed by atoms with Gasteiger partial charge in [0.05, 0.1) is 31.0 Å². The lowest BCUT2D eigenvalue weighted by Crippen LogP contribution is -2.25. The molecule has 0 bridgehead atoms. The lowest BCUT2D eigenvalue weighted by atomic mass is 10.1. The van der Waals surface area contributed by atoms with Gasteiger partial charge in [-0.3, -0.25) is 9.59 Å². The molecule has 0 saturated carbocycles. The van der Waals surface area contributed by atoms with Crippen molar-refractivity contribution in [3.8, 4) is 0 Å². The van der Waals surface area contributed by atoms with Crippen LogP contribution in [0.5, 0.6) is 0 Å². The summed E-state index contributed by atoms with van der Waals surface area (Å²) in [6.45, 7) is 0. The lowest BCUT2D eigenvalue weighted by Gasteiger charge is -2.21. The van der Waals surface area contributed by atoms with E-state index in [1.807, 2.05) is 54.4 Å². The van der Waals surface area contributed by atoms with Crippen molar-refractivity contribution in [1.82, 2.24) is 9.97 Å². The Morgan fingerprint density at radius 2 is 1.87 bits per heavy atom. The number of methoxy groups -OCH3 is 1. The molecule has 0 aliphatic carbocycles.